The zero-order valence-corrected chi connectivity index (χ0v) is 13.4. The van der Waals surface area contributed by atoms with Gasteiger partial charge in [-0.1, -0.05) is 6.07 Å². The molecule has 0 fully saturated rings. The average molecular weight is 351 g/mol. The Labute approximate surface area is 148 Å². The third-order valence-electron chi connectivity index (χ3n) is 3.59. The number of phenolic OH excluding ortho intramolecular Hbond substituents is 1. The van der Waals surface area contributed by atoms with Crippen molar-refractivity contribution in [3.63, 3.8) is 0 Å². The number of fused-ring (bicyclic) bond motifs is 1. The molecule has 130 valence electrons. The first kappa shape index (κ1) is 15.7. The van der Waals surface area contributed by atoms with E-state index < -0.39 is 5.82 Å². The Kier molecular flexibility index (Phi) is 3.98. The van der Waals surface area contributed by atoms with E-state index in [0.717, 1.165) is 11.9 Å². The van der Waals surface area contributed by atoms with Crippen molar-refractivity contribution in [3.8, 4) is 11.5 Å². The summed E-state index contributed by atoms with van der Waals surface area (Å²) in [7, 11) is 0. The molecule has 0 spiro atoms. The number of aromatic hydroxyl groups is 1. The normalized spacial score (nSPS) is 11.9. The minimum absolute atomic E-state index is 0.00749. The highest BCUT2D eigenvalue weighted by Crippen LogP contribution is 2.31. The van der Waals surface area contributed by atoms with Crippen molar-refractivity contribution in [3.05, 3.63) is 66.9 Å². The average Bonchev–Trinajstić information content (AvgIpc) is 2.64. The lowest BCUT2D eigenvalue weighted by molar-refractivity contribution is 0.475. The van der Waals surface area contributed by atoms with Crippen molar-refractivity contribution < 1.29 is 14.2 Å². The summed E-state index contributed by atoms with van der Waals surface area (Å²) in [6, 6.07) is 11.8. The van der Waals surface area contributed by atoms with Crippen LogP contribution in [0.15, 0.2) is 61.1 Å². The van der Waals surface area contributed by atoms with E-state index >= 15 is 0 Å². The van der Waals surface area contributed by atoms with Crippen LogP contribution < -0.4 is 20.7 Å². The molecule has 4 rings (SSSR count). The maximum atomic E-state index is 14.0. The lowest BCUT2D eigenvalue weighted by Crippen LogP contribution is -2.04. The molecular formula is C18H14FN5O2. The molecule has 4 N–H and O–H groups in total. The highest BCUT2D eigenvalue weighted by Gasteiger charge is 2.10. The predicted octanol–water partition coefficient (Wildman–Crippen LogP) is 4.08. The van der Waals surface area contributed by atoms with Gasteiger partial charge >= 0.3 is 0 Å². The second-order valence-corrected chi connectivity index (χ2v) is 5.47. The number of hydrogen-bond acceptors (Lipinski definition) is 7. The van der Waals surface area contributed by atoms with E-state index in [9.17, 15) is 9.50 Å². The lowest BCUT2D eigenvalue weighted by Gasteiger charge is -2.15. The van der Waals surface area contributed by atoms with Gasteiger partial charge in [0.25, 0.3) is 0 Å². The van der Waals surface area contributed by atoms with E-state index in [0.29, 0.717) is 17.1 Å². The minimum Gasteiger partial charge on any atom is -0.508 e. The van der Waals surface area contributed by atoms with Crippen LogP contribution in [0.1, 0.15) is 0 Å². The molecule has 0 saturated heterocycles. The number of rotatable bonds is 4. The highest BCUT2D eigenvalue weighted by atomic mass is 19.1. The number of aromatic nitrogens is 2. The summed E-state index contributed by atoms with van der Waals surface area (Å²) in [5, 5.41) is 18.4. The number of benzene rings is 2. The van der Waals surface area contributed by atoms with Crippen molar-refractivity contribution in [1.29, 1.82) is 0 Å². The maximum absolute atomic E-state index is 14.0. The topological polar surface area (TPSA) is 91.3 Å². The van der Waals surface area contributed by atoms with Gasteiger partial charge in [-0.25, -0.2) is 9.37 Å². The molecule has 2 heterocycles. The van der Waals surface area contributed by atoms with Crippen LogP contribution in [0.2, 0.25) is 0 Å². The number of ether oxygens (including phenoxy) is 1. The molecule has 7 nitrogen and oxygen atoms in total. The van der Waals surface area contributed by atoms with Crippen LogP contribution >= 0.6 is 0 Å². The van der Waals surface area contributed by atoms with Gasteiger partial charge in [0.05, 0.1) is 11.9 Å². The summed E-state index contributed by atoms with van der Waals surface area (Å²) in [6.45, 7) is 0. The van der Waals surface area contributed by atoms with E-state index in [1.807, 2.05) is 12.1 Å². The second kappa shape index (κ2) is 6.60. The number of anilines is 5. The van der Waals surface area contributed by atoms with Crippen molar-refractivity contribution in [2.75, 3.05) is 16.0 Å². The van der Waals surface area contributed by atoms with Gasteiger partial charge in [0.15, 0.2) is 17.4 Å². The van der Waals surface area contributed by atoms with E-state index in [2.05, 4.69) is 25.9 Å². The van der Waals surface area contributed by atoms with Gasteiger partial charge in [-0.15, -0.1) is 0 Å². The van der Waals surface area contributed by atoms with Gasteiger partial charge in [0.2, 0.25) is 5.95 Å². The standard InChI is InChI=1S/C18H14FN5O2/c19-14-10-21-18(24-17(14)22-11-2-1-3-13(25)8-11)23-12-4-5-15-16(9-12)26-7-6-20-15/h1-10,20,25H,(H2,21,22,23,24). The molecule has 1 aromatic heterocycles. The number of phenols is 1. The molecule has 2 aromatic carbocycles. The molecule has 3 aromatic rings. The molecule has 1 aliphatic heterocycles. The van der Waals surface area contributed by atoms with Crippen LogP contribution in [0.3, 0.4) is 0 Å². The van der Waals surface area contributed by atoms with Crippen molar-refractivity contribution in [2.45, 2.75) is 0 Å². The molecule has 8 heteroatoms. The first-order valence-corrected chi connectivity index (χ1v) is 7.75. The van der Waals surface area contributed by atoms with Gasteiger partial charge in [-0.3, -0.25) is 0 Å². The van der Waals surface area contributed by atoms with Gasteiger partial charge in [-0.05, 0) is 24.3 Å². The zero-order valence-electron chi connectivity index (χ0n) is 13.4. The van der Waals surface area contributed by atoms with E-state index in [1.165, 1.54) is 18.4 Å². The van der Waals surface area contributed by atoms with Crippen LogP contribution in [0.4, 0.5) is 33.2 Å². The third-order valence-corrected chi connectivity index (χ3v) is 3.59. The van der Waals surface area contributed by atoms with Crippen molar-refractivity contribution in [2.24, 2.45) is 0 Å². The summed E-state index contributed by atoms with van der Waals surface area (Å²) in [5.74, 6) is 0.319. The summed E-state index contributed by atoms with van der Waals surface area (Å²) in [6.07, 6.45) is 4.30. The molecule has 0 amide bonds. The van der Waals surface area contributed by atoms with Crippen LogP contribution in [-0.2, 0) is 0 Å². The van der Waals surface area contributed by atoms with Crippen LogP contribution in [0, 0.1) is 5.82 Å². The van der Waals surface area contributed by atoms with E-state index in [1.54, 1.807) is 24.4 Å². The molecule has 0 radical (unpaired) electrons. The van der Waals surface area contributed by atoms with E-state index in [-0.39, 0.29) is 17.5 Å². The fourth-order valence-electron chi connectivity index (χ4n) is 2.41. The van der Waals surface area contributed by atoms with E-state index in [4.69, 9.17) is 4.74 Å². The maximum Gasteiger partial charge on any atom is 0.229 e. The Morgan fingerprint density at radius 2 is 1.96 bits per heavy atom. The van der Waals surface area contributed by atoms with Gasteiger partial charge < -0.3 is 25.8 Å². The molecule has 0 bridgehead atoms. The largest absolute Gasteiger partial charge is 0.508 e. The number of nitrogens with one attached hydrogen (secondary N) is 3. The Morgan fingerprint density at radius 3 is 2.85 bits per heavy atom. The molecule has 0 saturated carbocycles. The number of hydrogen-bond donors (Lipinski definition) is 4. The fraction of sp³-hybridized carbons (Fsp3) is 0. The smallest absolute Gasteiger partial charge is 0.229 e. The first-order chi connectivity index (χ1) is 12.7. The summed E-state index contributed by atoms with van der Waals surface area (Å²) in [4.78, 5) is 8.09. The van der Waals surface area contributed by atoms with Crippen LogP contribution in [0.25, 0.3) is 0 Å². The summed E-state index contributed by atoms with van der Waals surface area (Å²) in [5.41, 5.74) is 2.04. The SMILES string of the molecule is Oc1cccc(Nc2nc(Nc3ccc4c(c3)OC=CN4)ncc2F)c1. The third kappa shape index (κ3) is 3.34. The monoisotopic (exact) mass is 351 g/mol. The Balaban J connectivity index is 1.56. The van der Waals surface area contributed by atoms with Gasteiger partial charge in [0, 0.05) is 29.7 Å². The minimum atomic E-state index is -0.609. The molecule has 0 unspecified atom stereocenters. The summed E-state index contributed by atoms with van der Waals surface area (Å²) < 4.78 is 19.4. The van der Waals surface area contributed by atoms with Crippen LogP contribution in [0.5, 0.6) is 11.5 Å². The second-order valence-electron chi connectivity index (χ2n) is 5.47. The van der Waals surface area contributed by atoms with Gasteiger partial charge in [-0.2, -0.15) is 4.98 Å². The molecule has 0 aliphatic carbocycles. The van der Waals surface area contributed by atoms with Crippen molar-refractivity contribution >= 4 is 28.8 Å². The fourth-order valence-corrected chi connectivity index (χ4v) is 2.41. The Bertz CT molecular complexity index is 993. The highest BCUT2D eigenvalue weighted by molar-refractivity contribution is 5.68. The lowest BCUT2D eigenvalue weighted by atomic mass is 10.2. The summed E-state index contributed by atoms with van der Waals surface area (Å²) >= 11 is 0. The zero-order chi connectivity index (χ0) is 17.9. The molecular weight excluding hydrogens is 337 g/mol. The first-order valence-electron chi connectivity index (χ1n) is 7.75. The Hall–Kier alpha value is -3.81. The van der Waals surface area contributed by atoms with Crippen molar-refractivity contribution in [1.82, 2.24) is 9.97 Å². The quantitative estimate of drug-likeness (QED) is 0.563. The predicted molar refractivity (Wildman–Crippen MR) is 96.5 cm³/mol. The molecule has 0 atom stereocenters. The molecule has 26 heavy (non-hydrogen) atoms. The Morgan fingerprint density at radius 1 is 1.08 bits per heavy atom. The van der Waals surface area contributed by atoms with Crippen LogP contribution in [-0.4, -0.2) is 15.1 Å². The number of nitrogens with zero attached hydrogens (tertiary/aromatic N) is 2. The molecule has 1 aliphatic rings. The number of halogens is 1. The van der Waals surface area contributed by atoms with Gasteiger partial charge in [0.1, 0.15) is 12.0 Å².